The molecule has 0 bridgehead atoms. The first kappa shape index (κ1) is 14.3. The Labute approximate surface area is 142 Å². The van der Waals surface area contributed by atoms with Gasteiger partial charge in [-0.2, -0.15) is 0 Å². The van der Waals surface area contributed by atoms with Gasteiger partial charge in [-0.3, -0.25) is 4.79 Å². The van der Waals surface area contributed by atoms with E-state index in [1.54, 1.807) is 11.3 Å². The van der Waals surface area contributed by atoms with Crippen molar-refractivity contribution in [3.63, 3.8) is 0 Å². The van der Waals surface area contributed by atoms with E-state index < -0.39 is 0 Å². The first-order valence-corrected chi connectivity index (χ1v) is 9.20. The Morgan fingerprint density at radius 1 is 1.23 bits per heavy atom. The average molecular weight is 377 g/mol. The fourth-order valence-electron chi connectivity index (χ4n) is 3.28. The Morgan fingerprint density at radius 2 is 2.00 bits per heavy atom. The summed E-state index contributed by atoms with van der Waals surface area (Å²) in [5.74, 6) is 0.784. The van der Waals surface area contributed by atoms with E-state index in [1.807, 2.05) is 24.3 Å². The molecule has 4 rings (SSSR count). The lowest BCUT2D eigenvalue weighted by molar-refractivity contribution is 0.0935. The molecule has 2 atom stereocenters. The molecule has 1 aliphatic carbocycles. The number of anilines is 1. The number of hydrogen-bond acceptors (Lipinski definition) is 3. The molecule has 2 aromatic rings. The Hall–Kier alpha value is -1.33. The summed E-state index contributed by atoms with van der Waals surface area (Å²) in [4.78, 5) is 14.0. The van der Waals surface area contributed by atoms with Gasteiger partial charge < -0.3 is 10.6 Å². The van der Waals surface area contributed by atoms with Crippen LogP contribution in [-0.4, -0.2) is 5.91 Å². The predicted octanol–water partition coefficient (Wildman–Crippen LogP) is 4.49. The fraction of sp³-hybridized carbons (Fsp3) is 0.353. The number of benzene rings is 1. The molecule has 3 nitrogen and oxygen atoms in total. The lowest BCUT2D eigenvalue weighted by Gasteiger charge is -2.27. The van der Waals surface area contributed by atoms with E-state index in [-0.39, 0.29) is 12.1 Å². The average Bonchev–Trinajstić information content (AvgIpc) is 2.85. The molecule has 2 heterocycles. The van der Waals surface area contributed by atoms with Crippen LogP contribution in [0.25, 0.3) is 0 Å². The van der Waals surface area contributed by atoms with E-state index in [0.717, 1.165) is 39.4 Å². The second-order valence-corrected chi connectivity index (χ2v) is 8.18. The predicted molar refractivity (Wildman–Crippen MR) is 93.5 cm³/mol. The summed E-state index contributed by atoms with van der Waals surface area (Å²) in [5, 5.41) is 7.64. The zero-order valence-electron chi connectivity index (χ0n) is 12.3. The van der Waals surface area contributed by atoms with Crippen LogP contribution in [0.4, 0.5) is 5.00 Å². The molecular formula is C17H17BrN2OS. The summed E-state index contributed by atoms with van der Waals surface area (Å²) in [6.07, 6.45) is 3.16. The normalized spacial score (nSPS) is 23.3. The zero-order valence-corrected chi connectivity index (χ0v) is 14.7. The topological polar surface area (TPSA) is 41.1 Å². The maximum atomic E-state index is 12.6. The van der Waals surface area contributed by atoms with Crippen molar-refractivity contribution >= 4 is 38.2 Å². The maximum absolute atomic E-state index is 12.6. The molecule has 0 saturated carbocycles. The van der Waals surface area contributed by atoms with Crippen molar-refractivity contribution in [3.05, 3.63) is 50.3 Å². The van der Waals surface area contributed by atoms with E-state index in [2.05, 4.69) is 33.5 Å². The highest BCUT2D eigenvalue weighted by Gasteiger charge is 2.32. The molecule has 0 radical (unpaired) electrons. The summed E-state index contributed by atoms with van der Waals surface area (Å²) >= 11 is 5.21. The number of halogens is 1. The third-order valence-electron chi connectivity index (χ3n) is 4.49. The number of rotatable bonds is 1. The number of nitrogens with one attached hydrogen (secondary N) is 2. The van der Waals surface area contributed by atoms with Crippen LogP contribution in [0.5, 0.6) is 0 Å². The van der Waals surface area contributed by atoms with Crippen LogP contribution in [0.2, 0.25) is 0 Å². The van der Waals surface area contributed by atoms with Crippen molar-refractivity contribution in [1.82, 2.24) is 5.32 Å². The van der Waals surface area contributed by atoms with Gasteiger partial charge in [-0.05, 0) is 48.4 Å². The number of carbonyl (C=O) groups excluding carboxylic acids is 1. The van der Waals surface area contributed by atoms with Crippen molar-refractivity contribution in [2.45, 2.75) is 32.4 Å². The van der Waals surface area contributed by atoms with Crippen molar-refractivity contribution in [2.24, 2.45) is 5.92 Å². The molecule has 0 fully saturated rings. The van der Waals surface area contributed by atoms with Crippen molar-refractivity contribution in [1.29, 1.82) is 0 Å². The van der Waals surface area contributed by atoms with Crippen molar-refractivity contribution < 1.29 is 4.79 Å². The summed E-state index contributed by atoms with van der Waals surface area (Å²) in [6.45, 7) is 2.29. The van der Waals surface area contributed by atoms with Crippen molar-refractivity contribution in [3.8, 4) is 0 Å². The lowest BCUT2D eigenvalue weighted by Crippen LogP contribution is -2.38. The summed E-state index contributed by atoms with van der Waals surface area (Å²) < 4.78 is 1.04. The first-order valence-electron chi connectivity index (χ1n) is 7.59. The smallest absolute Gasteiger partial charge is 0.256 e. The van der Waals surface area contributed by atoms with Gasteiger partial charge in [-0.25, -0.2) is 0 Å². The largest absolute Gasteiger partial charge is 0.353 e. The Kier molecular flexibility index (Phi) is 3.50. The molecule has 1 aliphatic heterocycles. The molecule has 1 amide bonds. The second kappa shape index (κ2) is 5.39. The van der Waals surface area contributed by atoms with Crippen LogP contribution in [0.1, 0.15) is 45.9 Å². The Balaban J connectivity index is 1.69. The van der Waals surface area contributed by atoms with Crippen LogP contribution < -0.4 is 10.6 Å². The molecule has 2 N–H and O–H groups in total. The molecule has 114 valence electrons. The number of thiophene rings is 1. The lowest BCUT2D eigenvalue weighted by atomic mass is 9.88. The van der Waals surface area contributed by atoms with Crippen LogP contribution >= 0.6 is 27.3 Å². The van der Waals surface area contributed by atoms with E-state index in [4.69, 9.17) is 0 Å². The zero-order chi connectivity index (χ0) is 15.3. The number of amides is 1. The molecule has 2 aliphatic rings. The SMILES string of the molecule is C[C@@H]1CCc2c(sc3c2C(=O)N[C@@H](c2ccc(Br)cc2)N3)C1. The van der Waals surface area contributed by atoms with Crippen LogP contribution in [0.3, 0.4) is 0 Å². The fourth-order valence-corrected chi connectivity index (χ4v) is 4.99. The van der Waals surface area contributed by atoms with Gasteiger partial charge in [0.25, 0.3) is 5.91 Å². The van der Waals surface area contributed by atoms with Gasteiger partial charge in [0.15, 0.2) is 0 Å². The number of hydrogen-bond donors (Lipinski definition) is 2. The second-order valence-electron chi connectivity index (χ2n) is 6.16. The number of carbonyl (C=O) groups is 1. The van der Waals surface area contributed by atoms with Gasteiger partial charge in [0, 0.05) is 9.35 Å². The van der Waals surface area contributed by atoms with Gasteiger partial charge in [0.1, 0.15) is 11.2 Å². The van der Waals surface area contributed by atoms with Gasteiger partial charge in [0.05, 0.1) is 5.56 Å². The van der Waals surface area contributed by atoms with E-state index in [0.29, 0.717) is 0 Å². The summed E-state index contributed by atoms with van der Waals surface area (Å²) in [6, 6.07) is 8.06. The molecule has 1 aromatic carbocycles. The molecule has 1 aromatic heterocycles. The van der Waals surface area contributed by atoms with Crippen molar-refractivity contribution in [2.75, 3.05) is 5.32 Å². The molecule has 0 spiro atoms. The molecule has 22 heavy (non-hydrogen) atoms. The van der Waals surface area contributed by atoms with Crippen LogP contribution in [0.15, 0.2) is 28.7 Å². The monoisotopic (exact) mass is 376 g/mol. The molecule has 0 unspecified atom stereocenters. The summed E-state index contributed by atoms with van der Waals surface area (Å²) in [5.41, 5.74) is 3.24. The maximum Gasteiger partial charge on any atom is 0.256 e. The van der Waals surface area contributed by atoms with Gasteiger partial charge in [-0.15, -0.1) is 11.3 Å². The highest BCUT2D eigenvalue weighted by molar-refractivity contribution is 9.10. The highest BCUT2D eigenvalue weighted by atomic mass is 79.9. The van der Waals surface area contributed by atoms with Crippen LogP contribution in [-0.2, 0) is 12.8 Å². The quantitative estimate of drug-likeness (QED) is 0.769. The Bertz CT molecular complexity index is 738. The molecule has 5 heteroatoms. The third kappa shape index (κ3) is 2.36. The highest BCUT2D eigenvalue weighted by Crippen LogP contribution is 2.42. The standard InChI is InChI=1S/C17H17BrN2OS/c1-9-2-7-12-13(8-9)22-17-14(12)16(21)19-15(20-17)10-3-5-11(18)6-4-10/h3-6,9,15,20H,2,7-8H2,1H3,(H,19,21)/t9-,15-/m1/s1. The van der Waals surface area contributed by atoms with Gasteiger partial charge in [-0.1, -0.05) is 35.0 Å². The number of fused-ring (bicyclic) bond motifs is 3. The van der Waals surface area contributed by atoms with E-state index in [1.165, 1.54) is 16.9 Å². The first-order chi connectivity index (χ1) is 10.6. The molecule has 0 saturated heterocycles. The third-order valence-corrected chi connectivity index (χ3v) is 6.21. The Morgan fingerprint density at radius 3 is 2.77 bits per heavy atom. The molecular weight excluding hydrogens is 360 g/mol. The minimum absolute atomic E-state index is 0.0636. The minimum atomic E-state index is -0.148. The van der Waals surface area contributed by atoms with Gasteiger partial charge >= 0.3 is 0 Å². The van der Waals surface area contributed by atoms with E-state index >= 15 is 0 Å². The van der Waals surface area contributed by atoms with E-state index in [9.17, 15) is 4.79 Å². The van der Waals surface area contributed by atoms with Crippen LogP contribution in [0, 0.1) is 5.92 Å². The minimum Gasteiger partial charge on any atom is -0.353 e. The summed E-state index contributed by atoms with van der Waals surface area (Å²) in [7, 11) is 0. The van der Waals surface area contributed by atoms with Gasteiger partial charge in [0.2, 0.25) is 0 Å².